The smallest absolute Gasteiger partial charge is 0.250 e. The summed E-state index contributed by atoms with van der Waals surface area (Å²) in [5, 5.41) is 5.25. The number of halogens is 1. The van der Waals surface area contributed by atoms with Crippen molar-refractivity contribution in [3.8, 4) is 0 Å². The fourth-order valence-corrected chi connectivity index (χ4v) is 4.65. The number of carbonyl (C=O) groups is 1. The number of primary amides is 1. The van der Waals surface area contributed by atoms with Gasteiger partial charge >= 0.3 is 0 Å². The molecule has 0 atom stereocenters. The Kier molecular flexibility index (Phi) is 5.72. The minimum Gasteiger partial charge on any atom is -0.366 e. The van der Waals surface area contributed by atoms with Gasteiger partial charge in [-0.1, -0.05) is 96.5 Å². The molecule has 5 aromatic rings. The molecule has 0 heterocycles. The Bertz CT molecular complexity index is 1390. The van der Waals surface area contributed by atoms with E-state index in [-0.39, 0.29) is 0 Å². The zero-order valence-electron chi connectivity index (χ0n) is 18.0. The van der Waals surface area contributed by atoms with Crippen LogP contribution in [0.4, 0.5) is 5.69 Å². The first-order chi connectivity index (χ1) is 16.1. The van der Waals surface area contributed by atoms with Crippen molar-refractivity contribution in [1.82, 2.24) is 0 Å². The molecule has 5 rings (SSSR count). The first-order valence-electron chi connectivity index (χ1n) is 10.9. The lowest BCUT2D eigenvalue weighted by atomic mass is 10.0. The maximum Gasteiger partial charge on any atom is 0.250 e. The molecule has 1 amide bonds. The molecule has 0 spiro atoms. The number of carbonyl (C=O) groups excluding carboxylic acids is 1. The number of benzene rings is 5. The summed E-state index contributed by atoms with van der Waals surface area (Å²) in [7, 11) is 0. The molecule has 3 nitrogen and oxygen atoms in total. The summed E-state index contributed by atoms with van der Waals surface area (Å²) in [6.45, 7) is 1.24. The van der Waals surface area contributed by atoms with Gasteiger partial charge in [0.25, 0.3) is 5.91 Å². The molecule has 0 fully saturated rings. The van der Waals surface area contributed by atoms with E-state index in [0.717, 1.165) is 5.69 Å². The number of nitrogens with two attached hydrogens (primary N) is 1. The predicted octanol–water partition coefficient (Wildman–Crippen LogP) is 6.95. The minimum absolute atomic E-state index is 0.419. The summed E-state index contributed by atoms with van der Waals surface area (Å²) in [6.07, 6.45) is 0. The second-order valence-electron chi connectivity index (χ2n) is 8.16. The first kappa shape index (κ1) is 21.0. The fraction of sp³-hybridized carbons (Fsp3) is 0.0690. The van der Waals surface area contributed by atoms with Crippen LogP contribution in [0.2, 0.25) is 5.02 Å². The first-order valence-corrected chi connectivity index (χ1v) is 11.3. The zero-order chi connectivity index (χ0) is 22.8. The third-order valence-electron chi connectivity index (χ3n) is 6.05. The van der Waals surface area contributed by atoms with Crippen molar-refractivity contribution >= 4 is 44.7 Å². The van der Waals surface area contributed by atoms with Gasteiger partial charge in [0.05, 0.1) is 11.3 Å². The van der Waals surface area contributed by atoms with E-state index in [9.17, 15) is 4.79 Å². The van der Waals surface area contributed by atoms with E-state index < -0.39 is 5.91 Å². The molecule has 4 heteroatoms. The summed E-state index contributed by atoms with van der Waals surface area (Å²) < 4.78 is 0. The lowest BCUT2D eigenvalue weighted by Crippen LogP contribution is -2.26. The van der Waals surface area contributed by atoms with Gasteiger partial charge in [-0.3, -0.25) is 4.79 Å². The van der Waals surface area contributed by atoms with Crippen molar-refractivity contribution in [3.05, 3.63) is 125 Å². The van der Waals surface area contributed by atoms with Crippen molar-refractivity contribution in [1.29, 1.82) is 0 Å². The Hall–Kier alpha value is -3.82. The van der Waals surface area contributed by atoms with Crippen LogP contribution in [-0.2, 0) is 13.1 Å². The molecule has 2 N–H and O–H groups in total. The van der Waals surface area contributed by atoms with Gasteiger partial charge in [0.2, 0.25) is 0 Å². The van der Waals surface area contributed by atoms with E-state index in [1.165, 1.54) is 32.7 Å². The minimum atomic E-state index is -0.492. The quantitative estimate of drug-likeness (QED) is 0.304. The molecule has 0 aliphatic carbocycles. The van der Waals surface area contributed by atoms with Gasteiger partial charge in [-0.25, -0.2) is 0 Å². The summed E-state index contributed by atoms with van der Waals surface area (Å²) >= 11 is 6.22. The van der Waals surface area contributed by atoms with Gasteiger partial charge in [0, 0.05) is 18.1 Å². The van der Waals surface area contributed by atoms with E-state index in [4.69, 9.17) is 17.3 Å². The van der Waals surface area contributed by atoms with Crippen LogP contribution in [0, 0.1) is 0 Å². The lowest BCUT2D eigenvalue weighted by Gasteiger charge is -2.28. The van der Waals surface area contributed by atoms with E-state index in [2.05, 4.69) is 77.7 Å². The SMILES string of the molecule is NC(=O)c1cc(Cl)ccc1N(Cc1cccc2ccccc12)Cc1cccc2ccccc12. The molecule has 0 unspecified atom stereocenters. The van der Waals surface area contributed by atoms with Gasteiger partial charge < -0.3 is 10.6 Å². The van der Waals surface area contributed by atoms with Crippen LogP contribution < -0.4 is 10.6 Å². The molecular weight excluding hydrogens is 428 g/mol. The molecule has 162 valence electrons. The Morgan fingerprint density at radius 2 is 1.21 bits per heavy atom. The highest BCUT2D eigenvalue weighted by molar-refractivity contribution is 6.31. The van der Waals surface area contributed by atoms with Crippen LogP contribution in [0.3, 0.4) is 0 Å². The van der Waals surface area contributed by atoms with Gasteiger partial charge in [0.1, 0.15) is 0 Å². The van der Waals surface area contributed by atoms with Gasteiger partial charge in [-0.15, -0.1) is 0 Å². The molecule has 0 saturated carbocycles. The highest BCUT2D eigenvalue weighted by Gasteiger charge is 2.18. The molecule has 0 aliphatic rings. The maximum absolute atomic E-state index is 12.3. The van der Waals surface area contributed by atoms with Gasteiger partial charge in [-0.2, -0.15) is 0 Å². The van der Waals surface area contributed by atoms with E-state index in [1.54, 1.807) is 6.07 Å². The molecule has 0 saturated heterocycles. The van der Waals surface area contributed by atoms with Crippen molar-refractivity contribution in [3.63, 3.8) is 0 Å². The molecule has 0 aromatic heterocycles. The van der Waals surface area contributed by atoms with Gasteiger partial charge in [0.15, 0.2) is 0 Å². The Morgan fingerprint density at radius 3 is 1.76 bits per heavy atom. The van der Waals surface area contributed by atoms with E-state index in [1.807, 2.05) is 24.3 Å². The number of amides is 1. The Morgan fingerprint density at radius 1 is 0.697 bits per heavy atom. The molecule has 0 aliphatic heterocycles. The number of hydrogen-bond donors (Lipinski definition) is 1. The Balaban J connectivity index is 1.65. The summed E-state index contributed by atoms with van der Waals surface area (Å²) in [5.41, 5.74) is 9.31. The number of rotatable bonds is 6. The number of hydrogen-bond acceptors (Lipinski definition) is 2. The van der Waals surface area contributed by atoms with E-state index in [0.29, 0.717) is 23.7 Å². The van der Waals surface area contributed by atoms with Crippen molar-refractivity contribution in [2.24, 2.45) is 5.73 Å². The molecule has 0 bridgehead atoms. The Labute approximate surface area is 198 Å². The molecular formula is C29H23ClN2O. The van der Waals surface area contributed by atoms with E-state index >= 15 is 0 Å². The van der Waals surface area contributed by atoms with Crippen LogP contribution in [-0.4, -0.2) is 5.91 Å². The van der Waals surface area contributed by atoms with Crippen LogP contribution in [0.25, 0.3) is 21.5 Å². The third kappa shape index (κ3) is 4.28. The molecule has 5 aromatic carbocycles. The fourth-order valence-electron chi connectivity index (χ4n) is 4.48. The topological polar surface area (TPSA) is 46.3 Å². The van der Waals surface area contributed by atoms with Crippen molar-refractivity contribution in [2.75, 3.05) is 4.90 Å². The van der Waals surface area contributed by atoms with Gasteiger partial charge in [-0.05, 0) is 50.9 Å². The summed E-state index contributed by atoms with van der Waals surface area (Å²) in [4.78, 5) is 14.6. The van der Waals surface area contributed by atoms with Crippen LogP contribution in [0.15, 0.2) is 103 Å². The maximum atomic E-state index is 12.3. The largest absolute Gasteiger partial charge is 0.366 e. The second-order valence-corrected chi connectivity index (χ2v) is 8.59. The highest BCUT2D eigenvalue weighted by atomic mass is 35.5. The van der Waals surface area contributed by atoms with Crippen molar-refractivity contribution in [2.45, 2.75) is 13.1 Å². The number of anilines is 1. The highest BCUT2D eigenvalue weighted by Crippen LogP contribution is 2.30. The zero-order valence-corrected chi connectivity index (χ0v) is 18.8. The summed E-state index contributed by atoms with van der Waals surface area (Å²) in [6, 6.07) is 34.7. The molecule has 0 radical (unpaired) electrons. The van der Waals surface area contributed by atoms with Crippen molar-refractivity contribution < 1.29 is 4.79 Å². The standard InChI is InChI=1S/C29H23ClN2O/c30-24-15-16-28(27(17-24)29(31)33)32(18-22-11-5-9-20-7-1-3-13-25(20)22)19-23-12-6-10-21-8-2-4-14-26(21)23/h1-17H,18-19H2,(H2,31,33). The predicted molar refractivity (Wildman–Crippen MR) is 138 cm³/mol. The average molecular weight is 451 g/mol. The monoisotopic (exact) mass is 450 g/mol. The number of fused-ring (bicyclic) bond motifs is 2. The second kappa shape index (κ2) is 8.97. The normalized spacial score (nSPS) is 11.1. The lowest BCUT2D eigenvalue weighted by molar-refractivity contribution is 0.100. The average Bonchev–Trinajstić information content (AvgIpc) is 2.84. The molecule has 33 heavy (non-hydrogen) atoms. The van der Waals surface area contributed by atoms with Crippen LogP contribution >= 0.6 is 11.6 Å². The summed E-state index contributed by atoms with van der Waals surface area (Å²) in [5.74, 6) is -0.492. The number of nitrogens with zero attached hydrogens (tertiary/aromatic N) is 1. The van der Waals surface area contributed by atoms with Crippen LogP contribution in [0.5, 0.6) is 0 Å². The third-order valence-corrected chi connectivity index (χ3v) is 6.28. The van der Waals surface area contributed by atoms with Crippen LogP contribution in [0.1, 0.15) is 21.5 Å².